The van der Waals surface area contributed by atoms with Gasteiger partial charge in [-0.25, -0.2) is 9.37 Å². The number of hydrogen-bond donors (Lipinski definition) is 1. The van der Waals surface area contributed by atoms with Crippen molar-refractivity contribution in [2.45, 2.75) is 39.0 Å². The van der Waals surface area contributed by atoms with Gasteiger partial charge in [0, 0.05) is 29.4 Å². The van der Waals surface area contributed by atoms with E-state index in [1.165, 1.54) is 47.4 Å². The van der Waals surface area contributed by atoms with Crippen molar-refractivity contribution in [1.82, 2.24) is 14.6 Å². The summed E-state index contributed by atoms with van der Waals surface area (Å²) >= 11 is 0. The first-order valence-corrected chi connectivity index (χ1v) is 10.6. The monoisotopic (exact) mass is 400 g/mol. The average molecular weight is 401 g/mol. The largest absolute Gasteiger partial charge is 0.369 e. The van der Waals surface area contributed by atoms with Gasteiger partial charge in [-0.1, -0.05) is 29.8 Å². The molecule has 30 heavy (non-hydrogen) atoms. The Morgan fingerprint density at radius 2 is 1.87 bits per heavy atom. The SMILES string of the molecule is Cc1cccc(CCNc2c3c(nc4cc(-c5ccc(F)cc5)nn24)CCCC3)c1. The molecule has 0 spiro atoms. The predicted octanol–water partition coefficient (Wildman–Crippen LogP) is 5.38. The van der Waals surface area contributed by atoms with Crippen LogP contribution in [0.5, 0.6) is 0 Å². The van der Waals surface area contributed by atoms with Gasteiger partial charge >= 0.3 is 0 Å². The van der Waals surface area contributed by atoms with E-state index in [4.69, 9.17) is 10.1 Å². The number of hydrogen-bond acceptors (Lipinski definition) is 3. The van der Waals surface area contributed by atoms with Crippen LogP contribution in [0.3, 0.4) is 0 Å². The first kappa shape index (κ1) is 18.8. The molecule has 4 nitrogen and oxygen atoms in total. The van der Waals surface area contributed by atoms with Crippen molar-refractivity contribution in [1.29, 1.82) is 0 Å². The van der Waals surface area contributed by atoms with Gasteiger partial charge in [0.1, 0.15) is 11.6 Å². The van der Waals surface area contributed by atoms with Crippen LogP contribution in [0.15, 0.2) is 54.6 Å². The fraction of sp³-hybridized carbons (Fsp3) is 0.280. The number of nitrogens with zero attached hydrogens (tertiary/aromatic N) is 3. The zero-order valence-corrected chi connectivity index (χ0v) is 17.2. The molecule has 0 atom stereocenters. The first-order chi connectivity index (χ1) is 14.7. The second kappa shape index (κ2) is 7.90. The summed E-state index contributed by atoms with van der Waals surface area (Å²) in [6.45, 7) is 2.96. The van der Waals surface area contributed by atoms with Gasteiger partial charge in [0.15, 0.2) is 5.65 Å². The van der Waals surface area contributed by atoms with Crippen LogP contribution >= 0.6 is 0 Å². The number of rotatable bonds is 5. The highest BCUT2D eigenvalue weighted by atomic mass is 19.1. The van der Waals surface area contributed by atoms with Gasteiger partial charge in [0.2, 0.25) is 0 Å². The molecule has 0 unspecified atom stereocenters. The standard InChI is InChI=1S/C25H25FN4/c1-17-5-4-6-18(15-17)13-14-27-25-21-7-2-3-8-22(21)28-24-16-23(29-30(24)25)19-9-11-20(26)12-10-19/h4-6,9-12,15-16,27H,2-3,7-8,13-14H2,1H3. The van der Waals surface area contributed by atoms with Gasteiger partial charge in [0.25, 0.3) is 0 Å². The molecular formula is C25H25FN4. The lowest BCUT2D eigenvalue weighted by molar-refractivity contribution is 0.628. The highest BCUT2D eigenvalue weighted by molar-refractivity contribution is 5.67. The van der Waals surface area contributed by atoms with Crippen molar-refractivity contribution in [2.24, 2.45) is 0 Å². The Labute approximate surface area is 175 Å². The minimum atomic E-state index is -0.241. The van der Waals surface area contributed by atoms with Crippen molar-refractivity contribution >= 4 is 11.5 Å². The fourth-order valence-corrected chi connectivity index (χ4v) is 4.29. The van der Waals surface area contributed by atoms with Crippen LogP contribution in [0.2, 0.25) is 0 Å². The van der Waals surface area contributed by atoms with Gasteiger partial charge in [0.05, 0.1) is 5.69 Å². The Kier molecular flexibility index (Phi) is 4.95. The molecule has 0 radical (unpaired) electrons. The number of aryl methyl sites for hydroxylation is 2. The maximum absolute atomic E-state index is 13.3. The maximum atomic E-state index is 13.3. The summed E-state index contributed by atoms with van der Waals surface area (Å²) < 4.78 is 15.3. The second-order valence-electron chi connectivity index (χ2n) is 8.07. The van der Waals surface area contributed by atoms with Crippen molar-refractivity contribution in [3.05, 3.63) is 82.8 Å². The molecule has 2 aromatic heterocycles. The molecule has 1 aliphatic rings. The Bertz CT molecular complexity index is 1190. The van der Waals surface area contributed by atoms with Crippen molar-refractivity contribution < 1.29 is 4.39 Å². The molecule has 0 fully saturated rings. The highest BCUT2D eigenvalue weighted by Gasteiger charge is 2.20. The van der Waals surface area contributed by atoms with Crippen molar-refractivity contribution in [3.8, 4) is 11.3 Å². The number of aromatic nitrogens is 3. The summed E-state index contributed by atoms with van der Waals surface area (Å²) in [5, 5.41) is 8.49. The number of fused-ring (bicyclic) bond motifs is 2. The van der Waals surface area contributed by atoms with Crippen LogP contribution in [0, 0.1) is 12.7 Å². The van der Waals surface area contributed by atoms with E-state index < -0.39 is 0 Å². The third kappa shape index (κ3) is 3.67. The summed E-state index contributed by atoms with van der Waals surface area (Å²) in [6.07, 6.45) is 5.34. The molecule has 152 valence electrons. The second-order valence-corrected chi connectivity index (χ2v) is 8.07. The lowest BCUT2D eigenvalue weighted by atomic mass is 9.96. The summed E-state index contributed by atoms with van der Waals surface area (Å²) in [6, 6.07) is 17.1. The van der Waals surface area contributed by atoms with E-state index in [0.717, 1.165) is 48.5 Å². The minimum Gasteiger partial charge on any atom is -0.369 e. The Morgan fingerprint density at radius 3 is 2.70 bits per heavy atom. The van der Waals surface area contributed by atoms with Crippen LogP contribution < -0.4 is 5.32 Å². The molecule has 5 rings (SSSR count). The lowest BCUT2D eigenvalue weighted by Gasteiger charge is -2.20. The molecule has 1 aliphatic carbocycles. The molecular weight excluding hydrogens is 375 g/mol. The molecule has 2 heterocycles. The Hall–Kier alpha value is -3.21. The maximum Gasteiger partial charge on any atom is 0.158 e. The topological polar surface area (TPSA) is 42.2 Å². The summed E-state index contributed by atoms with van der Waals surface area (Å²) in [5.41, 5.74) is 7.62. The molecule has 0 bridgehead atoms. The van der Waals surface area contributed by atoms with E-state index in [2.05, 4.69) is 36.5 Å². The number of anilines is 1. The molecule has 0 amide bonds. The number of halogens is 1. The van der Waals surface area contributed by atoms with Gasteiger partial charge in [-0.15, -0.1) is 0 Å². The molecule has 4 aromatic rings. The van der Waals surface area contributed by atoms with Crippen LogP contribution in [0.4, 0.5) is 10.2 Å². The normalized spacial score (nSPS) is 13.4. The number of nitrogens with one attached hydrogen (secondary N) is 1. The quantitative estimate of drug-likeness (QED) is 0.489. The zero-order valence-electron chi connectivity index (χ0n) is 17.2. The zero-order chi connectivity index (χ0) is 20.5. The van der Waals surface area contributed by atoms with Crippen molar-refractivity contribution in [3.63, 3.8) is 0 Å². The molecule has 0 saturated carbocycles. The van der Waals surface area contributed by atoms with E-state index in [-0.39, 0.29) is 5.82 Å². The van der Waals surface area contributed by atoms with Crippen LogP contribution in [-0.2, 0) is 19.3 Å². The van der Waals surface area contributed by atoms with E-state index in [1.54, 1.807) is 12.1 Å². The highest BCUT2D eigenvalue weighted by Crippen LogP contribution is 2.30. The van der Waals surface area contributed by atoms with E-state index in [0.29, 0.717) is 0 Å². The molecule has 2 aromatic carbocycles. The molecule has 0 saturated heterocycles. The average Bonchev–Trinajstić information content (AvgIpc) is 3.17. The third-order valence-corrected chi connectivity index (χ3v) is 5.81. The first-order valence-electron chi connectivity index (χ1n) is 10.6. The molecule has 0 aliphatic heterocycles. The van der Waals surface area contributed by atoms with Crippen LogP contribution in [-0.4, -0.2) is 21.1 Å². The predicted molar refractivity (Wildman–Crippen MR) is 118 cm³/mol. The summed E-state index contributed by atoms with van der Waals surface area (Å²) in [5.74, 6) is 0.810. The number of benzene rings is 2. The Morgan fingerprint density at radius 1 is 1.03 bits per heavy atom. The van der Waals surface area contributed by atoms with E-state index >= 15 is 0 Å². The van der Waals surface area contributed by atoms with Crippen LogP contribution in [0.1, 0.15) is 35.2 Å². The van der Waals surface area contributed by atoms with E-state index in [9.17, 15) is 4.39 Å². The van der Waals surface area contributed by atoms with E-state index in [1.807, 2.05) is 10.6 Å². The third-order valence-electron chi connectivity index (χ3n) is 5.81. The summed E-state index contributed by atoms with van der Waals surface area (Å²) in [4.78, 5) is 4.90. The van der Waals surface area contributed by atoms with Gasteiger partial charge in [-0.2, -0.15) is 9.61 Å². The fourth-order valence-electron chi connectivity index (χ4n) is 4.29. The van der Waals surface area contributed by atoms with Gasteiger partial charge < -0.3 is 5.32 Å². The smallest absolute Gasteiger partial charge is 0.158 e. The Balaban J connectivity index is 1.50. The lowest BCUT2D eigenvalue weighted by Crippen LogP contribution is -2.17. The summed E-state index contributed by atoms with van der Waals surface area (Å²) in [7, 11) is 0. The van der Waals surface area contributed by atoms with Crippen LogP contribution in [0.25, 0.3) is 16.9 Å². The van der Waals surface area contributed by atoms with Crippen molar-refractivity contribution in [2.75, 3.05) is 11.9 Å². The van der Waals surface area contributed by atoms with Gasteiger partial charge in [-0.3, -0.25) is 0 Å². The van der Waals surface area contributed by atoms with Gasteiger partial charge in [-0.05, 0) is 68.9 Å². The molecule has 5 heteroatoms. The molecule has 1 N–H and O–H groups in total. The minimum absolute atomic E-state index is 0.241.